The minimum Gasteiger partial charge on any atom is -0.459 e. The van der Waals surface area contributed by atoms with Gasteiger partial charge in [0, 0.05) is 26.0 Å². The molecule has 12 heteroatoms. The lowest BCUT2D eigenvalue weighted by atomic mass is 9.87. The predicted molar refractivity (Wildman–Crippen MR) is 176 cm³/mol. The molecule has 3 saturated heterocycles. The van der Waals surface area contributed by atoms with Crippen LogP contribution in [0.4, 0.5) is 0 Å². The molecular weight excluding hydrogens is 606 g/mol. The first-order valence-electron chi connectivity index (χ1n) is 16.8. The average Bonchev–Trinajstić information content (AvgIpc) is 3.75. The van der Waals surface area contributed by atoms with E-state index in [1.807, 2.05) is 26.8 Å². The molecule has 0 unspecified atom stereocenters. The van der Waals surface area contributed by atoms with Crippen LogP contribution in [0.25, 0.3) is 0 Å². The van der Waals surface area contributed by atoms with Crippen LogP contribution in [0.5, 0.6) is 0 Å². The van der Waals surface area contributed by atoms with Crippen molar-refractivity contribution in [3.8, 4) is 0 Å². The number of carbonyl (C=O) groups excluding carboxylic acids is 4. The summed E-state index contributed by atoms with van der Waals surface area (Å²) < 4.78 is 23.1. The lowest BCUT2D eigenvalue weighted by molar-refractivity contribution is -0.147. The maximum atomic E-state index is 12.9. The Hall–Kier alpha value is -3.06. The summed E-state index contributed by atoms with van der Waals surface area (Å²) in [6.07, 6.45) is 8.68. The fourth-order valence-electron chi connectivity index (χ4n) is 6.01. The maximum absolute atomic E-state index is 12.9. The van der Waals surface area contributed by atoms with Gasteiger partial charge < -0.3 is 40.0 Å². The van der Waals surface area contributed by atoms with Crippen LogP contribution in [0.3, 0.4) is 0 Å². The summed E-state index contributed by atoms with van der Waals surface area (Å²) >= 11 is 0. The second-order valence-electron chi connectivity index (χ2n) is 13.8. The molecule has 264 valence electrons. The van der Waals surface area contributed by atoms with Gasteiger partial charge in [-0.15, -0.1) is 0 Å². The van der Waals surface area contributed by atoms with Gasteiger partial charge in [0.15, 0.2) is 0 Å². The standard InChI is InChI=1S/C35H55N3O9/c1-9-16-36-33(43)34(7,8)38-31(41)18-26-19-35(20-44-35)32(42)29(47-26)14-11-21(2)10-13-28-22(3)17-27(24(5)46-28)37-30(40)15-12-23(4)45-25(6)39/h10-12,14-15,22-24,26-29,32,42H,9,13,16-20H2,1-8H3,(H,36,43)(H,37,40)(H,38,41)/t22-,23-,24+,26+,27+,28-,29+,32+,35+/m0/s1. The third kappa shape index (κ3) is 11.5. The summed E-state index contributed by atoms with van der Waals surface area (Å²) in [6, 6.07) is -0.145. The van der Waals surface area contributed by atoms with Gasteiger partial charge in [-0.1, -0.05) is 37.6 Å². The van der Waals surface area contributed by atoms with E-state index in [4.69, 9.17) is 18.9 Å². The molecule has 3 rings (SSSR count). The normalized spacial score (nSPS) is 31.9. The van der Waals surface area contributed by atoms with Crippen LogP contribution < -0.4 is 16.0 Å². The Kier molecular flexibility index (Phi) is 13.8. The van der Waals surface area contributed by atoms with Gasteiger partial charge in [-0.25, -0.2) is 0 Å². The van der Waals surface area contributed by atoms with Crippen LogP contribution in [-0.4, -0.2) is 95.8 Å². The Balaban J connectivity index is 1.52. The number of amides is 3. The number of nitrogens with one attached hydrogen (secondary N) is 3. The van der Waals surface area contributed by atoms with E-state index in [0.29, 0.717) is 26.0 Å². The van der Waals surface area contributed by atoms with E-state index < -0.39 is 41.5 Å². The quantitative estimate of drug-likeness (QED) is 0.0948. The van der Waals surface area contributed by atoms with E-state index >= 15 is 0 Å². The first kappa shape index (κ1) is 38.4. The Morgan fingerprint density at radius 3 is 2.47 bits per heavy atom. The van der Waals surface area contributed by atoms with Gasteiger partial charge in [-0.2, -0.15) is 0 Å². The highest BCUT2D eigenvalue weighted by Crippen LogP contribution is 2.43. The lowest BCUT2D eigenvalue weighted by Gasteiger charge is -2.39. The molecule has 3 heterocycles. The summed E-state index contributed by atoms with van der Waals surface area (Å²) in [5.41, 5.74) is -0.823. The number of ether oxygens (including phenoxy) is 4. The molecule has 4 N–H and O–H groups in total. The van der Waals surface area contributed by atoms with E-state index in [2.05, 4.69) is 29.0 Å². The largest absolute Gasteiger partial charge is 0.459 e. The molecule has 0 bridgehead atoms. The molecule has 0 radical (unpaired) electrons. The molecule has 1 spiro atoms. The summed E-state index contributed by atoms with van der Waals surface area (Å²) in [6.45, 7) is 15.3. The van der Waals surface area contributed by atoms with Crippen molar-refractivity contribution in [2.45, 2.75) is 141 Å². The van der Waals surface area contributed by atoms with Gasteiger partial charge in [0.2, 0.25) is 17.7 Å². The van der Waals surface area contributed by atoms with E-state index in [1.54, 1.807) is 32.9 Å². The number of rotatable bonds is 14. The van der Waals surface area contributed by atoms with Crippen molar-refractivity contribution < 1.29 is 43.2 Å². The van der Waals surface area contributed by atoms with Crippen molar-refractivity contribution >= 4 is 23.7 Å². The highest BCUT2D eigenvalue weighted by atomic mass is 16.6. The smallest absolute Gasteiger partial charge is 0.303 e. The second-order valence-corrected chi connectivity index (χ2v) is 13.8. The zero-order valence-electron chi connectivity index (χ0n) is 29.2. The molecular formula is C35H55N3O9. The summed E-state index contributed by atoms with van der Waals surface area (Å²) in [5, 5.41) is 19.6. The first-order valence-corrected chi connectivity index (χ1v) is 16.8. The van der Waals surface area contributed by atoms with Crippen molar-refractivity contribution in [3.05, 3.63) is 36.0 Å². The van der Waals surface area contributed by atoms with Crippen LogP contribution in [0.2, 0.25) is 0 Å². The molecule has 3 fully saturated rings. The second kappa shape index (κ2) is 16.9. The molecule has 0 saturated carbocycles. The van der Waals surface area contributed by atoms with Crippen LogP contribution >= 0.6 is 0 Å². The summed E-state index contributed by atoms with van der Waals surface area (Å²) in [5.74, 6) is -1.02. The highest BCUT2D eigenvalue weighted by Gasteiger charge is 2.58. The first-order chi connectivity index (χ1) is 22.0. The third-order valence-corrected chi connectivity index (χ3v) is 8.89. The van der Waals surface area contributed by atoms with Crippen LogP contribution in [0, 0.1) is 5.92 Å². The molecule has 9 atom stereocenters. The van der Waals surface area contributed by atoms with Gasteiger partial charge in [-0.05, 0) is 65.9 Å². The number of hydrogen-bond acceptors (Lipinski definition) is 9. The molecule has 0 aliphatic carbocycles. The minimum absolute atomic E-state index is 0.0307. The topological polar surface area (TPSA) is 165 Å². The Bertz CT molecular complexity index is 1210. The van der Waals surface area contributed by atoms with Crippen LogP contribution in [0.15, 0.2) is 36.0 Å². The average molecular weight is 662 g/mol. The predicted octanol–water partition coefficient (Wildman–Crippen LogP) is 2.78. The Labute approximate surface area is 279 Å². The van der Waals surface area contributed by atoms with Crippen molar-refractivity contribution in [3.63, 3.8) is 0 Å². The number of hydrogen-bond donors (Lipinski definition) is 4. The van der Waals surface area contributed by atoms with Crippen molar-refractivity contribution in [2.24, 2.45) is 5.92 Å². The van der Waals surface area contributed by atoms with Gasteiger partial charge >= 0.3 is 5.97 Å². The van der Waals surface area contributed by atoms with E-state index in [0.717, 1.165) is 18.4 Å². The number of carbonyl (C=O) groups is 4. The molecule has 12 nitrogen and oxygen atoms in total. The SMILES string of the molecule is CCCNC(=O)C(C)(C)NC(=O)C[C@@H]1C[C@@]2(CO2)[C@H](O)[C@@H](C=CC(C)=CC[C@@H]2O[C@H](C)[C@H](NC(=O)C=C[C@H](C)OC(C)=O)C[C@@H]2C)O1. The lowest BCUT2D eigenvalue weighted by Crippen LogP contribution is -2.56. The van der Waals surface area contributed by atoms with E-state index in [-0.39, 0.29) is 48.3 Å². The highest BCUT2D eigenvalue weighted by molar-refractivity contribution is 5.90. The Morgan fingerprint density at radius 2 is 1.83 bits per heavy atom. The van der Waals surface area contributed by atoms with E-state index in [9.17, 15) is 24.3 Å². The minimum atomic E-state index is -1.06. The Morgan fingerprint density at radius 1 is 1.13 bits per heavy atom. The van der Waals surface area contributed by atoms with Gasteiger partial charge in [-0.3, -0.25) is 19.2 Å². The molecule has 3 amide bonds. The van der Waals surface area contributed by atoms with E-state index in [1.165, 1.54) is 13.0 Å². The van der Waals surface area contributed by atoms with Crippen LogP contribution in [0.1, 0.15) is 87.5 Å². The molecule has 3 aliphatic rings. The van der Waals surface area contributed by atoms with Gasteiger partial charge in [0.05, 0.1) is 37.4 Å². The zero-order valence-corrected chi connectivity index (χ0v) is 29.2. The van der Waals surface area contributed by atoms with Gasteiger partial charge in [0.1, 0.15) is 29.5 Å². The number of aliphatic hydroxyl groups excluding tert-OH is 1. The van der Waals surface area contributed by atoms with Crippen LogP contribution in [-0.2, 0) is 38.1 Å². The maximum Gasteiger partial charge on any atom is 0.303 e. The summed E-state index contributed by atoms with van der Waals surface area (Å²) in [4.78, 5) is 48.8. The third-order valence-electron chi connectivity index (χ3n) is 8.89. The fourth-order valence-corrected chi connectivity index (χ4v) is 6.01. The monoisotopic (exact) mass is 661 g/mol. The molecule has 47 heavy (non-hydrogen) atoms. The fraction of sp³-hybridized carbons (Fsp3) is 0.714. The van der Waals surface area contributed by atoms with Crippen molar-refractivity contribution in [1.29, 1.82) is 0 Å². The zero-order chi connectivity index (χ0) is 34.9. The number of esters is 1. The number of allylic oxidation sites excluding steroid dienone is 2. The molecule has 0 aromatic rings. The molecule has 0 aromatic heterocycles. The number of aliphatic hydroxyl groups is 1. The molecule has 0 aromatic carbocycles. The summed E-state index contributed by atoms with van der Waals surface area (Å²) in [7, 11) is 0. The van der Waals surface area contributed by atoms with Crippen molar-refractivity contribution in [1.82, 2.24) is 16.0 Å². The molecule has 3 aliphatic heterocycles. The number of epoxide rings is 1. The van der Waals surface area contributed by atoms with Crippen molar-refractivity contribution in [2.75, 3.05) is 13.2 Å². The van der Waals surface area contributed by atoms with Gasteiger partial charge in [0.25, 0.3) is 0 Å².